The van der Waals surface area contributed by atoms with Crippen LogP contribution in [0.1, 0.15) is 20.3 Å². The minimum absolute atomic E-state index is 0.0651. The van der Waals surface area contributed by atoms with Crippen molar-refractivity contribution in [2.45, 2.75) is 25.9 Å². The van der Waals surface area contributed by atoms with Crippen molar-refractivity contribution in [3.05, 3.63) is 53.6 Å². The number of benzene rings is 2. The molecule has 2 heterocycles. The van der Waals surface area contributed by atoms with Crippen LogP contribution in [0.3, 0.4) is 0 Å². The summed E-state index contributed by atoms with van der Waals surface area (Å²) in [7, 11) is 0. The Morgan fingerprint density at radius 1 is 1.07 bits per heavy atom. The molecule has 2 aliphatic heterocycles. The molecule has 0 aliphatic carbocycles. The molecule has 2 aliphatic rings. The predicted molar refractivity (Wildman–Crippen MR) is 118 cm³/mol. The third-order valence-electron chi connectivity index (χ3n) is 5.64. The van der Waals surface area contributed by atoms with E-state index < -0.39 is 5.60 Å². The maximum atomic E-state index is 12.9. The Bertz CT molecular complexity index is 954. The van der Waals surface area contributed by atoms with E-state index in [0.717, 1.165) is 24.5 Å². The van der Waals surface area contributed by atoms with Crippen LogP contribution in [0.15, 0.2) is 48.5 Å². The van der Waals surface area contributed by atoms with Crippen molar-refractivity contribution in [3.63, 3.8) is 0 Å². The number of fused-ring (bicyclic) bond motifs is 1. The van der Waals surface area contributed by atoms with Gasteiger partial charge in [0.25, 0.3) is 5.91 Å². The molecule has 0 bridgehead atoms. The van der Waals surface area contributed by atoms with E-state index in [2.05, 4.69) is 4.90 Å². The number of hydrogen-bond donors (Lipinski definition) is 0. The number of para-hydroxylation sites is 2. The Kier molecular flexibility index (Phi) is 5.60. The van der Waals surface area contributed by atoms with Crippen LogP contribution in [0, 0.1) is 0 Å². The maximum absolute atomic E-state index is 12.9. The molecule has 6 nitrogen and oxygen atoms in total. The largest absolute Gasteiger partial charge is 0.476 e. The molecule has 0 atom stereocenters. The highest BCUT2D eigenvalue weighted by Gasteiger charge is 2.40. The summed E-state index contributed by atoms with van der Waals surface area (Å²) in [6.07, 6.45) is 0.285. The average molecular weight is 428 g/mol. The van der Waals surface area contributed by atoms with Crippen LogP contribution in [0.2, 0.25) is 5.02 Å². The summed E-state index contributed by atoms with van der Waals surface area (Å²) in [6.45, 7) is 6.70. The molecule has 4 rings (SSSR count). The molecule has 0 N–H and O–H groups in total. The van der Waals surface area contributed by atoms with Gasteiger partial charge in [-0.2, -0.15) is 0 Å². The predicted octanol–water partition coefficient (Wildman–Crippen LogP) is 3.58. The quantitative estimate of drug-likeness (QED) is 0.748. The van der Waals surface area contributed by atoms with E-state index in [1.807, 2.05) is 53.4 Å². The van der Waals surface area contributed by atoms with Crippen molar-refractivity contribution in [1.82, 2.24) is 4.90 Å². The summed E-state index contributed by atoms with van der Waals surface area (Å²) in [6, 6.07) is 15.2. The zero-order chi connectivity index (χ0) is 21.3. The summed E-state index contributed by atoms with van der Waals surface area (Å²) in [4.78, 5) is 31.5. The number of amides is 2. The van der Waals surface area contributed by atoms with Gasteiger partial charge in [0.2, 0.25) is 5.91 Å². The number of carbonyl (C=O) groups is 2. The van der Waals surface area contributed by atoms with Gasteiger partial charge < -0.3 is 19.4 Å². The van der Waals surface area contributed by atoms with Gasteiger partial charge in [-0.3, -0.25) is 9.59 Å². The van der Waals surface area contributed by atoms with Crippen molar-refractivity contribution in [3.8, 4) is 5.75 Å². The smallest absolute Gasteiger partial charge is 0.270 e. The average Bonchev–Trinajstić information content (AvgIpc) is 2.74. The number of halogens is 1. The van der Waals surface area contributed by atoms with Crippen LogP contribution in [0.25, 0.3) is 0 Å². The van der Waals surface area contributed by atoms with Crippen molar-refractivity contribution < 1.29 is 14.3 Å². The molecule has 0 saturated carbocycles. The first-order valence-corrected chi connectivity index (χ1v) is 10.6. The van der Waals surface area contributed by atoms with Crippen LogP contribution < -0.4 is 14.5 Å². The van der Waals surface area contributed by atoms with E-state index in [1.165, 1.54) is 0 Å². The Balaban J connectivity index is 1.37. The zero-order valence-corrected chi connectivity index (χ0v) is 18.1. The molecule has 30 heavy (non-hydrogen) atoms. The molecule has 2 aromatic carbocycles. The summed E-state index contributed by atoms with van der Waals surface area (Å²) < 4.78 is 5.85. The number of piperazine rings is 1. The van der Waals surface area contributed by atoms with Crippen LogP contribution in [-0.2, 0) is 9.59 Å². The Labute approximate surface area is 182 Å². The minimum Gasteiger partial charge on any atom is -0.476 e. The molecular weight excluding hydrogens is 402 g/mol. The van der Waals surface area contributed by atoms with Crippen molar-refractivity contribution in [2.24, 2.45) is 0 Å². The number of anilines is 2. The van der Waals surface area contributed by atoms with Gasteiger partial charge in [-0.1, -0.05) is 29.8 Å². The second kappa shape index (κ2) is 8.19. The van der Waals surface area contributed by atoms with E-state index in [-0.39, 0.29) is 18.2 Å². The second-order valence-corrected chi connectivity index (χ2v) is 8.57. The Hall–Kier alpha value is -2.73. The Morgan fingerprint density at radius 2 is 1.80 bits per heavy atom. The highest BCUT2D eigenvalue weighted by Crippen LogP contribution is 2.37. The molecule has 1 fully saturated rings. The van der Waals surface area contributed by atoms with Crippen LogP contribution in [0.5, 0.6) is 5.75 Å². The van der Waals surface area contributed by atoms with Gasteiger partial charge >= 0.3 is 0 Å². The summed E-state index contributed by atoms with van der Waals surface area (Å²) in [5.74, 6) is 0.611. The van der Waals surface area contributed by atoms with Gasteiger partial charge in [-0.25, -0.2) is 0 Å². The molecular formula is C23H26ClN3O3. The molecule has 2 amide bonds. The molecule has 1 saturated heterocycles. The normalized spacial score (nSPS) is 18.1. The highest BCUT2D eigenvalue weighted by molar-refractivity contribution is 6.30. The van der Waals surface area contributed by atoms with Crippen molar-refractivity contribution in [1.29, 1.82) is 0 Å². The van der Waals surface area contributed by atoms with Gasteiger partial charge in [0.15, 0.2) is 5.60 Å². The second-order valence-electron chi connectivity index (χ2n) is 8.13. The van der Waals surface area contributed by atoms with Gasteiger partial charge in [0.05, 0.1) is 5.69 Å². The highest BCUT2D eigenvalue weighted by atomic mass is 35.5. The first-order valence-electron chi connectivity index (χ1n) is 10.2. The van der Waals surface area contributed by atoms with Gasteiger partial charge in [0, 0.05) is 49.9 Å². The van der Waals surface area contributed by atoms with E-state index >= 15 is 0 Å². The third-order valence-corrected chi connectivity index (χ3v) is 5.87. The third kappa shape index (κ3) is 4.10. The molecule has 0 spiro atoms. The fourth-order valence-corrected chi connectivity index (χ4v) is 4.18. The molecule has 0 unspecified atom stereocenters. The van der Waals surface area contributed by atoms with Gasteiger partial charge in [-0.15, -0.1) is 0 Å². The summed E-state index contributed by atoms with van der Waals surface area (Å²) >= 11 is 6.09. The number of rotatable bonds is 4. The van der Waals surface area contributed by atoms with Crippen molar-refractivity contribution >= 4 is 34.8 Å². The first kappa shape index (κ1) is 20.5. The van der Waals surface area contributed by atoms with Gasteiger partial charge in [0.1, 0.15) is 5.75 Å². The minimum atomic E-state index is -0.944. The zero-order valence-electron chi connectivity index (χ0n) is 17.3. The molecule has 7 heteroatoms. The number of ether oxygens (including phenoxy) is 1. The summed E-state index contributed by atoms with van der Waals surface area (Å²) in [5.41, 5.74) is 0.854. The van der Waals surface area contributed by atoms with E-state index in [0.29, 0.717) is 30.4 Å². The lowest BCUT2D eigenvalue weighted by Gasteiger charge is -2.39. The standard InChI is InChI=1S/C23H26ClN3O3/c1-23(2)22(29)27(19-8-3-4-9-20(19)30-23)11-10-21(28)26-14-12-25(13-15-26)18-7-5-6-17(24)16-18/h3-9,16H,10-15H2,1-2H3. The van der Waals surface area contributed by atoms with Gasteiger partial charge in [-0.05, 0) is 44.2 Å². The van der Waals surface area contributed by atoms with E-state index in [9.17, 15) is 9.59 Å². The fraction of sp³-hybridized carbons (Fsp3) is 0.391. The molecule has 0 radical (unpaired) electrons. The van der Waals surface area contributed by atoms with Crippen LogP contribution in [-0.4, -0.2) is 55.0 Å². The number of carbonyl (C=O) groups excluding carboxylic acids is 2. The summed E-state index contributed by atoms with van der Waals surface area (Å²) in [5, 5.41) is 0.712. The number of hydrogen-bond acceptors (Lipinski definition) is 4. The lowest BCUT2D eigenvalue weighted by atomic mass is 10.0. The lowest BCUT2D eigenvalue weighted by molar-refractivity contribution is -0.133. The van der Waals surface area contributed by atoms with E-state index in [4.69, 9.17) is 16.3 Å². The Morgan fingerprint density at radius 3 is 2.53 bits per heavy atom. The van der Waals surface area contributed by atoms with Crippen molar-refractivity contribution in [2.75, 3.05) is 42.5 Å². The fourth-order valence-electron chi connectivity index (χ4n) is 3.99. The van der Waals surface area contributed by atoms with Crippen LogP contribution in [0.4, 0.5) is 11.4 Å². The molecule has 0 aromatic heterocycles. The lowest BCUT2D eigenvalue weighted by Crippen LogP contribution is -2.54. The SMILES string of the molecule is CC1(C)Oc2ccccc2N(CCC(=O)N2CCN(c3cccc(Cl)c3)CC2)C1=O. The molecule has 158 valence electrons. The molecule has 2 aromatic rings. The van der Waals surface area contributed by atoms with E-state index in [1.54, 1.807) is 18.7 Å². The first-order chi connectivity index (χ1) is 14.3. The number of nitrogens with zero attached hydrogens (tertiary/aromatic N) is 3. The topological polar surface area (TPSA) is 53.1 Å². The maximum Gasteiger partial charge on any atom is 0.270 e. The van der Waals surface area contributed by atoms with Crippen LogP contribution >= 0.6 is 11.6 Å². The monoisotopic (exact) mass is 427 g/mol.